The van der Waals surface area contributed by atoms with Gasteiger partial charge in [0.15, 0.2) is 0 Å². The normalized spacial score (nSPS) is 11.1. The Hall–Kier alpha value is 0.680. The largest absolute Gasteiger partial charge is 0.0654 e. The van der Waals surface area contributed by atoms with Crippen LogP contribution in [0.1, 0.15) is 63.9 Å². The average Bonchev–Trinajstić information content (AvgIpc) is 2.33. The average molecular weight is 456 g/mol. The number of benzene rings is 1. The van der Waals surface area contributed by atoms with Crippen molar-refractivity contribution in [3.05, 3.63) is 30.9 Å². The lowest BCUT2D eigenvalue weighted by molar-refractivity contribution is 0.523. The molecule has 1 aromatic rings. The third kappa shape index (κ3) is 5.45. The molecule has 0 unspecified atom stereocenters. The van der Waals surface area contributed by atoms with Gasteiger partial charge in [0.25, 0.3) is 0 Å². The number of rotatable bonds is 7. The molecule has 0 saturated carbocycles. The number of unbranched alkanes of at least 4 members (excludes halogenated alkanes) is 2. The maximum atomic E-state index is 2.49. The summed E-state index contributed by atoms with van der Waals surface area (Å²) in [5.74, 6) is 0.775. The molecule has 0 spiro atoms. The molecule has 1 rings (SSSR count). The first-order valence-electron chi connectivity index (χ1n) is 6.64. The molecule has 0 nitrogen and oxygen atoms in total. The van der Waals surface area contributed by atoms with E-state index in [2.05, 4.69) is 77.2 Å². The highest BCUT2D eigenvalue weighted by Gasteiger charge is 2.14. The fourth-order valence-corrected chi connectivity index (χ4v) is 3.48. The number of halogens is 2. The molecule has 0 fully saturated rings. The van der Waals surface area contributed by atoms with Crippen LogP contribution in [0.2, 0.25) is 0 Å². The van der Waals surface area contributed by atoms with Crippen LogP contribution >= 0.6 is 45.2 Å². The topological polar surface area (TPSA) is 0 Å². The van der Waals surface area contributed by atoms with Crippen molar-refractivity contribution in [3.63, 3.8) is 0 Å². The molecule has 17 heavy (non-hydrogen) atoms. The Morgan fingerprint density at radius 2 is 1.59 bits per heavy atom. The van der Waals surface area contributed by atoms with Crippen molar-refractivity contribution in [2.24, 2.45) is 0 Å². The smallest absolute Gasteiger partial charge is 0.0165 e. The Balaban J connectivity index is 2.82. The minimum absolute atomic E-state index is 0.775. The van der Waals surface area contributed by atoms with Gasteiger partial charge in [-0.05, 0) is 87.7 Å². The first kappa shape index (κ1) is 15.7. The Bertz CT molecular complexity index is 326. The van der Waals surface area contributed by atoms with E-state index in [4.69, 9.17) is 0 Å². The van der Waals surface area contributed by atoms with E-state index in [0.29, 0.717) is 0 Å². The van der Waals surface area contributed by atoms with Gasteiger partial charge >= 0.3 is 0 Å². The van der Waals surface area contributed by atoms with Gasteiger partial charge in [-0.1, -0.05) is 39.5 Å². The highest BCUT2D eigenvalue weighted by molar-refractivity contribution is 14.1. The molecule has 0 aliphatic heterocycles. The second kappa shape index (κ2) is 8.73. The van der Waals surface area contributed by atoms with E-state index in [-0.39, 0.29) is 0 Å². The van der Waals surface area contributed by atoms with Gasteiger partial charge in [-0.25, -0.2) is 0 Å². The summed E-state index contributed by atoms with van der Waals surface area (Å²) in [5, 5.41) is 0. The highest BCUT2D eigenvalue weighted by Crippen LogP contribution is 2.32. The summed E-state index contributed by atoms with van der Waals surface area (Å²) in [6, 6.07) is 6.86. The van der Waals surface area contributed by atoms with Gasteiger partial charge < -0.3 is 0 Å². The summed E-state index contributed by atoms with van der Waals surface area (Å²) < 4.78 is 2.82. The van der Waals surface area contributed by atoms with Gasteiger partial charge in [0.1, 0.15) is 0 Å². The van der Waals surface area contributed by atoms with Crippen molar-refractivity contribution in [1.82, 2.24) is 0 Å². The Labute approximate surface area is 133 Å². The fraction of sp³-hybridized carbons (Fsp3) is 0.600. The van der Waals surface area contributed by atoms with Crippen molar-refractivity contribution >= 4 is 45.2 Å². The molecule has 0 heterocycles. The van der Waals surface area contributed by atoms with Gasteiger partial charge in [-0.2, -0.15) is 0 Å². The standard InChI is InChI=1S/C15H22I2/c1-3-5-7-12(8-6-4-2)14-11-13(16)9-10-15(14)17/h9-12H,3-8H2,1-2H3. The van der Waals surface area contributed by atoms with Crippen molar-refractivity contribution < 1.29 is 0 Å². The molecule has 0 radical (unpaired) electrons. The molecule has 0 atom stereocenters. The van der Waals surface area contributed by atoms with Crippen LogP contribution in [0.4, 0.5) is 0 Å². The van der Waals surface area contributed by atoms with Gasteiger partial charge in [0.05, 0.1) is 0 Å². The molecule has 1 aromatic carbocycles. The first-order chi connectivity index (χ1) is 8.19. The first-order valence-corrected chi connectivity index (χ1v) is 8.79. The van der Waals surface area contributed by atoms with Crippen LogP contribution in [0.15, 0.2) is 18.2 Å². The summed E-state index contributed by atoms with van der Waals surface area (Å²) in [6.07, 6.45) is 8.04. The quantitative estimate of drug-likeness (QED) is 0.419. The van der Waals surface area contributed by atoms with Crippen LogP contribution in [0, 0.1) is 7.14 Å². The van der Waals surface area contributed by atoms with Gasteiger partial charge in [0.2, 0.25) is 0 Å². The lowest BCUT2D eigenvalue weighted by atomic mass is 9.89. The van der Waals surface area contributed by atoms with Crippen LogP contribution in [0.25, 0.3) is 0 Å². The van der Waals surface area contributed by atoms with Crippen molar-refractivity contribution in [1.29, 1.82) is 0 Å². The Kier molecular flexibility index (Phi) is 8.08. The maximum absolute atomic E-state index is 2.49. The summed E-state index contributed by atoms with van der Waals surface area (Å²) in [4.78, 5) is 0. The minimum Gasteiger partial charge on any atom is -0.0654 e. The summed E-state index contributed by atoms with van der Waals surface area (Å²) in [6.45, 7) is 4.58. The summed E-state index contributed by atoms with van der Waals surface area (Å²) in [5.41, 5.74) is 1.58. The van der Waals surface area contributed by atoms with Crippen molar-refractivity contribution in [3.8, 4) is 0 Å². The predicted molar refractivity (Wildman–Crippen MR) is 93.7 cm³/mol. The second-order valence-electron chi connectivity index (χ2n) is 4.65. The van der Waals surface area contributed by atoms with Crippen LogP contribution in [0.5, 0.6) is 0 Å². The minimum atomic E-state index is 0.775. The van der Waals surface area contributed by atoms with Crippen LogP contribution < -0.4 is 0 Å². The molecule has 0 saturated heterocycles. The van der Waals surface area contributed by atoms with E-state index in [1.165, 1.54) is 45.7 Å². The van der Waals surface area contributed by atoms with E-state index in [1.54, 1.807) is 5.56 Å². The zero-order valence-corrected chi connectivity index (χ0v) is 15.1. The third-order valence-corrected chi connectivity index (χ3v) is 4.86. The SMILES string of the molecule is CCCCC(CCCC)c1cc(I)ccc1I. The van der Waals surface area contributed by atoms with E-state index in [1.807, 2.05) is 0 Å². The third-order valence-electron chi connectivity index (χ3n) is 3.21. The van der Waals surface area contributed by atoms with E-state index in [0.717, 1.165) is 5.92 Å². The molecule has 0 aromatic heterocycles. The zero-order chi connectivity index (χ0) is 12.7. The van der Waals surface area contributed by atoms with Crippen molar-refractivity contribution in [2.75, 3.05) is 0 Å². The van der Waals surface area contributed by atoms with E-state index in [9.17, 15) is 0 Å². The maximum Gasteiger partial charge on any atom is 0.0165 e. The van der Waals surface area contributed by atoms with Crippen LogP contribution in [0.3, 0.4) is 0 Å². The second-order valence-corrected chi connectivity index (χ2v) is 7.06. The molecule has 0 bridgehead atoms. The molecular formula is C15H22I2. The number of hydrogen-bond acceptors (Lipinski definition) is 0. The van der Waals surface area contributed by atoms with Crippen LogP contribution in [-0.4, -0.2) is 0 Å². The highest BCUT2D eigenvalue weighted by atomic mass is 127. The fourth-order valence-electron chi connectivity index (χ4n) is 2.18. The monoisotopic (exact) mass is 456 g/mol. The molecular weight excluding hydrogens is 434 g/mol. The zero-order valence-electron chi connectivity index (χ0n) is 10.8. The summed E-state index contributed by atoms with van der Waals surface area (Å²) >= 11 is 4.92. The Morgan fingerprint density at radius 1 is 1.00 bits per heavy atom. The lowest BCUT2D eigenvalue weighted by Crippen LogP contribution is -2.02. The van der Waals surface area contributed by atoms with E-state index >= 15 is 0 Å². The molecule has 96 valence electrons. The predicted octanol–water partition coefficient (Wildman–Crippen LogP) is 6.36. The van der Waals surface area contributed by atoms with Gasteiger partial charge in [0, 0.05) is 7.14 Å². The lowest BCUT2D eigenvalue weighted by Gasteiger charge is -2.19. The number of hydrogen-bond donors (Lipinski definition) is 0. The molecule has 0 aliphatic rings. The summed E-state index contributed by atoms with van der Waals surface area (Å²) in [7, 11) is 0. The van der Waals surface area contributed by atoms with E-state index < -0.39 is 0 Å². The molecule has 0 aliphatic carbocycles. The molecule has 0 N–H and O–H groups in total. The molecule has 0 amide bonds. The Morgan fingerprint density at radius 3 is 2.12 bits per heavy atom. The van der Waals surface area contributed by atoms with Gasteiger partial charge in [-0.15, -0.1) is 0 Å². The van der Waals surface area contributed by atoms with Crippen molar-refractivity contribution in [2.45, 2.75) is 58.3 Å². The molecule has 2 heteroatoms. The van der Waals surface area contributed by atoms with Crippen LogP contribution in [-0.2, 0) is 0 Å². The van der Waals surface area contributed by atoms with Gasteiger partial charge in [-0.3, -0.25) is 0 Å².